The first-order valence-electron chi connectivity index (χ1n) is 9.19. The minimum absolute atomic E-state index is 0.0390. The lowest BCUT2D eigenvalue weighted by molar-refractivity contribution is -0.123. The van der Waals surface area contributed by atoms with E-state index < -0.39 is 0 Å². The molecule has 27 heavy (non-hydrogen) atoms. The highest BCUT2D eigenvalue weighted by atomic mass is 16.5. The van der Waals surface area contributed by atoms with Crippen molar-refractivity contribution in [2.45, 2.75) is 19.5 Å². The first-order valence-corrected chi connectivity index (χ1v) is 9.19. The van der Waals surface area contributed by atoms with Gasteiger partial charge in [0.05, 0.1) is 30.6 Å². The smallest absolute Gasteiger partial charge is 0.243 e. The summed E-state index contributed by atoms with van der Waals surface area (Å²) in [7, 11) is 0. The van der Waals surface area contributed by atoms with Crippen LogP contribution in [0.3, 0.4) is 0 Å². The molecule has 3 aromatic rings. The van der Waals surface area contributed by atoms with Crippen LogP contribution in [-0.2, 0) is 16.1 Å². The number of hydrogen-bond acceptors (Lipinski definition) is 5. The number of imidazole rings is 1. The Morgan fingerprint density at radius 3 is 2.89 bits per heavy atom. The molecule has 7 heteroatoms. The number of benzene rings is 1. The van der Waals surface area contributed by atoms with Gasteiger partial charge in [-0.05, 0) is 36.8 Å². The second kappa shape index (κ2) is 7.75. The summed E-state index contributed by atoms with van der Waals surface area (Å²) >= 11 is 0. The molecule has 4 rings (SSSR count). The second-order valence-electron chi connectivity index (χ2n) is 6.66. The fourth-order valence-electron chi connectivity index (χ4n) is 3.29. The molecule has 1 aromatic carbocycles. The van der Waals surface area contributed by atoms with Crippen molar-refractivity contribution in [2.75, 3.05) is 31.2 Å². The zero-order chi connectivity index (χ0) is 18.6. The average molecular weight is 365 g/mol. The molecular weight excluding hydrogens is 342 g/mol. The monoisotopic (exact) mass is 365 g/mol. The number of nitrogens with zero attached hydrogens (tertiary/aromatic N) is 4. The zero-order valence-electron chi connectivity index (χ0n) is 15.3. The number of hydrogen-bond donors (Lipinski definition) is 1. The number of fused-ring (bicyclic) bond motifs is 1. The average Bonchev–Trinajstić information content (AvgIpc) is 3.16. The molecule has 0 aliphatic carbocycles. The molecule has 7 nitrogen and oxygen atoms in total. The van der Waals surface area contributed by atoms with Gasteiger partial charge in [-0.2, -0.15) is 0 Å². The van der Waals surface area contributed by atoms with Crippen molar-refractivity contribution in [2.24, 2.45) is 0 Å². The van der Waals surface area contributed by atoms with Gasteiger partial charge in [0.15, 0.2) is 0 Å². The number of ether oxygens (including phenoxy) is 1. The highest BCUT2D eigenvalue weighted by Crippen LogP contribution is 2.18. The number of rotatable bonds is 5. The Morgan fingerprint density at radius 2 is 2.04 bits per heavy atom. The third-order valence-electron chi connectivity index (χ3n) is 4.89. The summed E-state index contributed by atoms with van der Waals surface area (Å²) < 4.78 is 7.29. The van der Waals surface area contributed by atoms with Crippen LogP contribution < -0.4 is 10.2 Å². The van der Waals surface area contributed by atoms with E-state index in [2.05, 4.69) is 20.2 Å². The van der Waals surface area contributed by atoms with E-state index in [1.54, 1.807) is 12.5 Å². The van der Waals surface area contributed by atoms with Crippen LogP contribution in [0.25, 0.3) is 11.0 Å². The molecule has 0 unspecified atom stereocenters. The van der Waals surface area contributed by atoms with Gasteiger partial charge in [-0.15, -0.1) is 0 Å². The maximum atomic E-state index is 12.6. The molecule has 1 saturated heterocycles. The van der Waals surface area contributed by atoms with Crippen LogP contribution in [0.15, 0.2) is 48.9 Å². The Bertz CT molecular complexity index is 933. The quantitative estimate of drug-likeness (QED) is 0.750. The lowest BCUT2D eigenvalue weighted by Crippen LogP contribution is -2.36. The Labute approximate surface area is 158 Å². The number of anilines is 1. The molecule has 2 aromatic heterocycles. The van der Waals surface area contributed by atoms with Gasteiger partial charge >= 0.3 is 0 Å². The van der Waals surface area contributed by atoms with Gasteiger partial charge in [0.2, 0.25) is 5.91 Å². The first kappa shape index (κ1) is 17.5. The van der Waals surface area contributed by atoms with Gasteiger partial charge in [0.1, 0.15) is 11.9 Å². The Balaban J connectivity index is 1.41. The van der Waals surface area contributed by atoms with Crippen molar-refractivity contribution in [3.05, 3.63) is 54.5 Å². The van der Waals surface area contributed by atoms with Gasteiger partial charge in [-0.25, -0.2) is 9.97 Å². The standard InChI is InChI=1S/C20H23N5O2/c1-15(25-14-23-17-4-2-3-5-18(17)25)20(26)22-13-16-6-7-21-19(12-16)24-8-10-27-11-9-24/h2-7,12,14-15H,8-11,13H2,1H3,(H,22,26)/t15-/m1/s1. The highest BCUT2D eigenvalue weighted by Gasteiger charge is 2.17. The number of amides is 1. The van der Waals surface area contributed by atoms with Crippen LogP contribution in [0.2, 0.25) is 0 Å². The number of carbonyl (C=O) groups is 1. The Kier molecular flexibility index (Phi) is 5.02. The van der Waals surface area contributed by atoms with E-state index >= 15 is 0 Å². The molecule has 1 amide bonds. The molecule has 1 N–H and O–H groups in total. The highest BCUT2D eigenvalue weighted by molar-refractivity contribution is 5.83. The maximum Gasteiger partial charge on any atom is 0.243 e. The Hall–Kier alpha value is -2.93. The molecule has 1 atom stereocenters. The van der Waals surface area contributed by atoms with E-state index in [9.17, 15) is 4.79 Å². The minimum Gasteiger partial charge on any atom is -0.378 e. The summed E-state index contributed by atoms with van der Waals surface area (Å²) in [5.41, 5.74) is 2.88. The van der Waals surface area contributed by atoms with Crippen molar-refractivity contribution in [3.8, 4) is 0 Å². The third kappa shape index (κ3) is 3.78. The van der Waals surface area contributed by atoms with Crippen molar-refractivity contribution < 1.29 is 9.53 Å². The number of morpholine rings is 1. The molecule has 0 spiro atoms. The Morgan fingerprint density at radius 1 is 1.22 bits per heavy atom. The third-order valence-corrected chi connectivity index (χ3v) is 4.89. The molecule has 140 valence electrons. The van der Waals surface area contributed by atoms with Crippen molar-refractivity contribution in [1.29, 1.82) is 0 Å². The van der Waals surface area contributed by atoms with Crippen LogP contribution in [0.1, 0.15) is 18.5 Å². The van der Waals surface area contributed by atoms with Gasteiger partial charge in [0.25, 0.3) is 0 Å². The SMILES string of the molecule is C[C@H](C(=O)NCc1ccnc(N2CCOCC2)c1)n1cnc2ccccc21. The number of carbonyl (C=O) groups excluding carboxylic acids is 1. The van der Waals surface area contributed by atoms with Crippen LogP contribution in [0.4, 0.5) is 5.82 Å². The largest absolute Gasteiger partial charge is 0.378 e. The molecule has 1 fully saturated rings. The molecule has 0 radical (unpaired) electrons. The van der Waals surface area contributed by atoms with E-state index in [0.29, 0.717) is 6.54 Å². The summed E-state index contributed by atoms with van der Waals surface area (Å²) in [6.45, 7) is 5.48. The van der Waals surface area contributed by atoms with Gasteiger partial charge in [0, 0.05) is 25.8 Å². The fourth-order valence-corrected chi connectivity index (χ4v) is 3.29. The molecule has 1 aliphatic rings. The summed E-state index contributed by atoms with van der Waals surface area (Å²) in [6, 6.07) is 11.4. The lowest BCUT2D eigenvalue weighted by Gasteiger charge is -2.28. The van der Waals surface area contributed by atoms with E-state index in [1.807, 2.05) is 47.9 Å². The first-order chi connectivity index (χ1) is 13.2. The predicted molar refractivity (Wildman–Crippen MR) is 104 cm³/mol. The fraction of sp³-hybridized carbons (Fsp3) is 0.350. The summed E-state index contributed by atoms with van der Waals surface area (Å²) in [5, 5.41) is 3.02. The number of para-hydroxylation sites is 2. The zero-order valence-corrected chi connectivity index (χ0v) is 15.3. The molecular formula is C20H23N5O2. The van der Waals surface area contributed by atoms with Crippen molar-refractivity contribution in [3.63, 3.8) is 0 Å². The van der Waals surface area contributed by atoms with E-state index in [0.717, 1.165) is 48.7 Å². The molecule has 0 bridgehead atoms. The van der Waals surface area contributed by atoms with Crippen LogP contribution >= 0.6 is 0 Å². The topological polar surface area (TPSA) is 72.3 Å². The van der Waals surface area contributed by atoms with E-state index in [4.69, 9.17) is 4.74 Å². The van der Waals surface area contributed by atoms with Crippen LogP contribution in [-0.4, -0.2) is 46.7 Å². The maximum absolute atomic E-state index is 12.6. The molecule has 0 saturated carbocycles. The van der Waals surface area contributed by atoms with Gasteiger partial charge in [-0.1, -0.05) is 12.1 Å². The van der Waals surface area contributed by atoms with Gasteiger partial charge in [-0.3, -0.25) is 4.79 Å². The minimum atomic E-state index is -0.335. The normalized spacial score (nSPS) is 15.7. The second-order valence-corrected chi connectivity index (χ2v) is 6.66. The van der Waals surface area contributed by atoms with Crippen LogP contribution in [0.5, 0.6) is 0 Å². The molecule has 1 aliphatic heterocycles. The van der Waals surface area contributed by atoms with E-state index in [-0.39, 0.29) is 11.9 Å². The van der Waals surface area contributed by atoms with Crippen molar-refractivity contribution in [1.82, 2.24) is 19.9 Å². The number of pyridine rings is 1. The number of nitrogens with one attached hydrogen (secondary N) is 1. The van der Waals surface area contributed by atoms with E-state index in [1.165, 1.54) is 0 Å². The lowest BCUT2D eigenvalue weighted by atomic mass is 10.2. The predicted octanol–water partition coefficient (Wildman–Crippen LogP) is 2.15. The number of aromatic nitrogens is 3. The molecule has 3 heterocycles. The van der Waals surface area contributed by atoms with Crippen molar-refractivity contribution >= 4 is 22.8 Å². The summed E-state index contributed by atoms with van der Waals surface area (Å²) in [6.07, 6.45) is 3.51. The summed E-state index contributed by atoms with van der Waals surface area (Å²) in [5.74, 6) is 0.890. The summed E-state index contributed by atoms with van der Waals surface area (Å²) in [4.78, 5) is 23.7. The van der Waals surface area contributed by atoms with Gasteiger partial charge < -0.3 is 19.5 Å². The van der Waals surface area contributed by atoms with Crippen LogP contribution in [0, 0.1) is 0 Å².